The highest BCUT2D eigenvalue weighted by Gasteiger charge is 2.19. The molecule has 0 aliphatic carbocycles. The van der Waals surface area contributed by atoms with Gasteiger partial charge in [0.15, 0.2) is 0 Å². The maximum absolute atomic E-state index is 9.41. The average Bonchev–Trinajstić information content (AvgIpc) is 2.44. The van der Waals surface area contributed by atoms with Crippen LogP contribution in [0.1, 0.15) is 19.4 Å². The second kappa shape index (κ2) is 5.41. The molecule has 0 aliphatic heterocycles. The Morgan fingerprint density at radius 1 is 1.16 bits per heavy atom. The maximum Gasteiger partial charge on any atom is 0.0693 e. The summed E-state index contributed by atoms with van der Waals surface area (Å²) in [5, 5.41) is 11.9. The average molecular weight is 252 g/mol. The van der Waals surface area contributed by atoms with Gasteiger partial charge in [-0.05, 0) is 36.2 Å². The Labute approximate surface area is 114 Å². The van der Waals surface area contributed by atoms with Crippen molar-refractivity contribution in [2.24, 2.45) is 0 Å². The summed E-state index contributed by atoms with van der Waals surface area (Å²) < 4.78 is 0. The lowest BCUT2D eigenvalue weighted by molar-refractivity contribution is 0.243. The quantitative estimate of drug-likeness (QED) is 0.808. The Morgan fingerprint density at radius 2 is 1.84 bits per heavy atom. The molecule has 1 nitrogen and oxygen atoms in total. The molecule has 19 heavy (non-hydrogen) atoms. The third kappa shape index (κ3) is 2.94. The summed E-state index contributed by atoms with van der Waals surface area (Å²) in [6.45, 7) is 7.78. The van der Waals surface area contributed by atoms with Gasteiger partial charge in [0.25, 0.3) is 0 Å². The summed E-state index contributed by atoms with van der Waals surface area (Å²) in [6.07, 6.45) is 5.28. The second-order valence-electron chi connectivity index (χ2n) is 5.15. The van der Waals surface area contributed by atoms with Gasteiger partial charge >= 0.3 is 0 Å². The molecule has 0 spiro atoms. The van der Waals surface area contributed by atoms with E-state index in [-0.39, 0.29) is 5.41 Å². The van der Waals surface area contributed by atoms with Crippen LogP contribution in [0.15, 0.2) is 67.3 Å². The Kier molecular flexibility index (Phi) is 3.87. The standard InChI is InChI=1S/C18H20O/c1-4-18(3,12-11-14(2)19)17-10-9-15-7-5-6-8-16(15)13-17/h4-14,19H,1H2,2-3H3/b12-11+/t14-,18-/m1/s1. The van der Waals surface area contributed by atoms with E-state index < -0.39 is 6.10 Å². The Morgan fingerprint density at radius 3 is 2.47 bits per heavy atom. The third-order valence-corrected chi connectivity index (χ3v) is 3.52. The molecule has 1 heteroatoms. The summed E-state index contributed by atoms with van der Waals surface area (Å²) in [7, 11) is 0. The minimum atomic E-state index is -0.445. The van der Waals surface area contributed by atoms with Crippen molar-refractivity contribution in [2.45, 2.75) is 25.4 Å². The largest absolute Gasteiger partial charge is 0.389 e. The van der Waals surface area contributed by atoms with Crippen LogP contribution in [0.4, 0.5) is 0 Å². The highest BCUT2D eigenvalue weighted by atomic mass is 16.3. The monoisotopic (exact) mass is 252 g/mol. The summed E-state index contributed by atoms with van der Waals surface area (Å²) in [5.41, 5.74) is 0.916. The molecule has 0 aliphatic rings. The van der Waals surface area contributed by atoms with E-state index in [4.69, 9.17) is 0 Å². The van der Waals surface area contributed by atoms with Crippen LogP contribution in [-0.4, -0.2) is 11.2 Å². The third-order valence-electron chi connectivity index (χ3n) is 3.52. The van der Waals surface area contributed by atoms with Crippen LogP contribution in [0, 0.1) is 0 Å². The molecule has 0 heterocycles. The van der Waals surface area contributed by atoms with Gasteiger partial charge in [0, 0.05) is 5.41 Å². The van der Waals surface area contributed by atoms with Gasteiger partial charge < -0.3 is 5.11 Å². The van der Waals surface area contributed by atoms with Gasteiger partial charge in [-0.1, -0.05) is 54.6 Å². The molecule has 2 aromatic carbocycles. The number of benzene rings is 2. The van der Waals surface area contributed by atoms with E-state index >= 15 is 0 Å². The zero-order valence-corrected chi connectivity index (χ0v) is 11.5. The smallest absolute Gasteiger partial charge is 0.0693 e. The van der Waals surface area contributed by atoms with E-state index in [2.05, 4.69) is 43.8 Å². The van der Waals surface area contributed by atoms with Crippen molar-refractivity contribution in [1.29, 1.82) is 0 Å². The maximum atomic E-state index is 9.41. The molecule has 0 unspecified atom stereocenters. The molecule has 2 aromatic rings. The fourth-order valence-corrected chi connectivity index (χ4v) is 2.15. The van der Waals surface area contributed by atoms with Crippen molar-refractivity contribution in [3.8, 4) is 0 Å². The molecule has 0 aromatic heterocycles. The molecule has 1 N–H and O–H groups in total. The zero-order chi connectivity index (χ0) is 13.9. The van der Waals surface area contributed by atoms with Crippen LogP contribution < -0.4 is 0 Å². The summed E-state index contributed by atoms with van der Waals surface area (Å²) in [5.74, 6) is 0. The molecule has 0 amide bonds. The van der Waals surface area contributed by atoms with Crippen molar-refractivity contribution in [3.63, 3.8) is 0 Å². The first kappa shape index (κ1) is 13.6. The predicted octanol–water partition coefficient (Wildman–Crippen LogP) is 4.22. The van der Waals surface area contributed by atoms with Gasteiger partial charge in [-0.15, -0.1) is 6.58 Å². The molecule has 0 bridgehead atoms. The normalized spacial score (nSPS) is 16.4. The van der Waals surface area contributed by atoms with Gasteiger partial charge in [-0.25, -0.2) is 0 Å². The number of allylic oxidation sites excluding steroid dienone is 2. The number of aliphatic hydroxyl groups is 1. The number of aliphatic hydroxyl groups excluding tert-OH is 1. The topological polar surface area (TPSA) is 20.2 Å². The van der Waals surface area contributed by atoms with Crippen LogP contribution in [-0.2, 0) is 5.41 Å². The summed E-state index contributed by atoms with van der Waals surface area (Å²) in [4.78, 5) is 0. The minimum Gasteiger partial charge on any atom is -0.389 e. The van der Waals surface area contributed by atoms with Crippen molar-refractivity contribution in [1.82, 2.24) is 0 Å². The van der Waals surface area contributed by atoms with Crippen LogP contribution in [0.2, 0.25) is 0 Å². The van der Waals surface area contributed by atoms with Crippen LogP contribution in [0.5, 0.6) is 0 Å². The lowest BCUT2D eigenvalue weighted by atomic mass is 9.81. The Hall–Kier alpha value is -1.86. The fraction of sp³-hybridized carbons (Fsp3) is 0.222. The summed E-state index contributed by atoms with van der Waals surface area (Å²) >= 11 is 0. The van der Waals surface area contributed by atoms with Gasteiger partial charge in [0.05, 0.1) is 6.10 Å². The molecular weight excluding hydrogens is 232 g/mol. The van der Waals surface area contributed by atoms with Gasteiger partial charge in [-0.2, -0.15) is 0 Å². The molecular formula is C18H20O. The van der Waals surface area contributed by atoms with Gasteiger partial charge in [0.2, 0.25) is 0 Å². The highest BCUT2D eigenvalue weighted by Crippen LogP contribution is 2.29. The molecule has 2 rings (SSSR count). The van der Waals surface area contributed by atoms with E-state index in [1.807, 2.05) is 24.3 Å². The fourth-order valence-electron chi connectivity index (χ4n) is 2.15. The number of hydrogen-bond acceptors (Lipinski definition) is 1. The first-order valence-corrected chi connectivity index (χ1v) is 6.55. The highest BCUT2D eigenvalue weighted by molar-refractivity contribution is 5.83. The van der Waals surface area contributed by atoms with E-state index in [1.54, 1.807) is 13.0 Å². The number of rotatable bonds is 4. The van der Waals surface area contributed by atoms with Crippen molar-refractivity contribution >= 4 is 10.8 Å². The second-order valence-corrected chi connectivity index (χ2v) is 5.15. The first-order chi connectivity index (χ1) is 9.05. The van der Waals surface area contributed by atoms with E-state index in [9.17, 15) is 5.11 Å². The molecule has 0 saturated carbocycles. The molecule has 0 saturated heterocycles. The molecule has 98 valence electrons. The first-order valence-electron chi connectivity index (χ1n) is 6.55. The number of fused-ring (bicyclic) bond motifs is 1. The van der Waals surface area contributed by atoms with Crippen molar-refractivity contribution in [2.75, 3.05) is 0 Å². The zero-order valence-electron chi connectivity index (χ0n) is 11.5. The van der Waals surface area contributed by atoms with E-state index in [0.717, 1.165) is 0 Å². The van der Waals surface area contributed by atoms with E-state index in [0.29, 0.717) is 0 Å². The Balaban J connectivity index is 2.48. The van der Waals surface area contributed by atoms with Gasteiger partial charge in [-0.3, -0.25) is 0 Å². The summed E-state index contributed by atoms with van der Waals surface area (Å²) in [6, 6.07) is 14.7. The SMILES string of the molecule is C=C[C@](C)(/C=C/[C@@H](C)O)c1ccc2ccccc2c1. The predicted molar refractivity (Wildman–Crippen MR) is 82.3 cm³/mol. The van der Waals surface area contributed by atoms with Crippen molar-refractivity contribution in [3.05, 3.63) is 72.8 Å². The van der Waals surface area contributed by atoms with Crippen LogP contribution in [0.25, 0.3) is 10.8 Å². The number of hydrogen-bond donors (Lipinski definition) is 1. The van der Waals surface area contributed by atoms with Crippen molar-refractivity contribution < 1.29 is 5.11 Å². The lowest BCUT2D eigenvalue weighted by Crippen LogP contribution is -2.16. The lowest BCUT2D eigenvalue weighted by Gasteiger charge is -2.23. The molecule has 0 fully saturated rings. The molecule has 0 radical (unpaired) electrons. The van der Waals surface area contributed by atoms with Crippen LogP contribution >= 0.6 is 0 Å². The minimum absolute atomic E-state index is 0.263. The van der Waals surface area contributed by atoms with E-state index in [1.165, 1.54) is 16.3 Å². The Bertz CT molecular complexity index is 610. The van der Waals surface area contributed by atoms with Gasteiger partial charge in [0.1, 0.15) is 0 Å². The molecule has 2 atom stereocenters. The van der Waals surface area contributed by atoms with Crippen LogP contribution in [0.3, 0.4) is 0 Å².